The van der Waals surface area contributed by atoms with Crippen LogP contribution in [0.5, 0.6) is 0 Å². The van der Waals surface area contributed by atoms with Gasteiger partial charge in [0.25, 0.3) is 0 Å². The Morgan fingerprint density at radius 3 is 2.46 bits per heavy atom. The first-order valence-corrected chi connectivity index (χ1v) is 8.68. The molecule has 1 N–H and O–H groups in total. The normalized spacial score (nSPS) is 11.3. The van der Waals surface area contributed by atoms with Crippen LogP contribution in [0.25, 0.3) is 0 Å². The Morgan fingerprint density at radius 1 is 1.33 bits per heavy atom. The predicted octanol–water partition coefficient (Wildman–Crippen LogP) is 2.06. The average molecular weight is 359 g/mol. The van der Waals surface area contributed by atoms with Crippen LogP contribution in [0.3, 0.4) is 0 Å². The fourth-order valence-electron chi connectivity index (χ4n) is 2.00. The minimum absolute atomic E-state index is 0.167. The van der Waals surface area contributed by atoms with Crippen LogP contribution in [-0.2, 0) is 14.8 Å². The van der Waals surface area contributed by atoms with Crippen LogP contribution in [0.4, 0.5) is 20.3 Å². The topological polar surface area (TPSA) is 92.5 Å². The lowest BCUT2D eigenvalue weighted by Gasteiger charge is -2.22. The fourth-order valence-corrected chi connectivity index (χ4v) is 2.93. The van der Waals surface area contributed by atoms with Crippen LogP contribution in [-0.4, -0.2) is 32.3 Å². The largest absolute Gasteiger partial charge is 0.360 e. The number of rotatable bonds is 6. The standard InChI is InChI=1S/C14H15F2N3O4S/c1-9-8-12(18-23-9)17-13(20)6-7-19(24(2,21)22)14-10(15)4-3-5-11(14)16/h3-5,8H,6-7H2,1-2H3,(H,17,18,20). The van der Waals surface area contributed by atoms with Crippen molar-refractivity contribution in [2.24, 2.45) is 0 Å². The molecular formula is C14H15F2N3O4S. The van der Waals surface area contributed by atoms with E-state index in [1.165, 1.54) is 6.07 Å². The van der Waals surface area contributed by atoms with E-state index < -0.39 is 39.8 Å². The molecule has 0 saturated heterocycles. The van der Waals surface area contributed by atoms with Gasteiger partial charge in [-0.25, -0.2) is 17.2 Å². The van der Waals surface area contributed by atoms with Crippen LogP contribution in [0.2, 0.25) is 0 Å². The van der Waals surface area contributed by atoms with Crippen molar-refractivity contribution in [2.45, 2.75) is 13.3 Å². The number of hydrogen-bond donors (Lipinski definition) is 1. The zero-order chi connectivity index (χ0) is 17.9. The third-order valence-electron chi connectivity index (χ3n) is 3.02. The second kappa shape index (κ2) is 6.95. The number of halogens is 2. The summed E-state index contributed by atoms with van der Waals surface area (Å²) >= 11 is 0. The van der Waals surface area contributed by atoms with Gasteiger partial charge in [-0.1, -0.05) is 11.2 Å². The highest BCUT2D eigenvalue weighted by molar-refractivity contribution is 7.92. The number of aryl methyl sites for hydroxylation is 1. The summed E-state index contributed by atoms with van der Waals surface area (Å²) in [6.07, 6.45) is 0.477. The van der Waals surface area contributed by atoms with E-state index in [0.29, 0.717) is 10.1 Å². The summed E-state index contributed by atoms with van der Waals surface area (Å²) in [5, 5.41) is 5.96. The molecule has 1 heterocycles. The zero-order valence-corrected chi connectivity index (χ0v) is 13.7. The van der Waals surface area contributed by atoms with Gasteiger partial charge in [0, 0.05) is 19.0 Å². The summed E-state index contributed by atoms with van der Waals surface area (Å²) in [5.41, 5.74) is -0.718. The van der Waals surface area contributed by atoms with E-state index in [4.69, 9.17) is 4.52 Å². The van der Waals surface area contributed by atoms with Crippen LogP contribution < -0.4 is 9.62 Å². The van der Waals surface area contributed by atoms with Crippen molar-refractivity contribution in [3.05, 3.63) is 41.7 Å². The number of anilines is 2. The molecule has 0 atom stereocenters. The van der Waals surface area contributed by atoms with Gasteiger partial charge in [0.15, 0.2) is 17.5 Å². The first-order valence-electron chi connectivity index (χ1n) is 6.83. The second-order valence-corrected chi connectivity index (χ2v) is 6.93. The molecule has 0 unspecified atom stereocenters. The highest BCUT2D eigenvalue weighted by Gasteiger charge is 2.25. The van der Waals surface area contributed by atoms with Gasteiger partial charge in [-0.15, -0.1) is 0 Å². The minimum atomic E-state index is -3.99. The summed E-state index contributed by atoms with van der Waals surface area (Å²) in [4.78, 5) is 11.9. The number of aromatic nitrogens is 1. The van der Waals surface area contributed by atoms with Gasteiger partial charge in [-0.2, -0.15) is 0 Å². The molecular weight excluding hydrogens is 344 g/mol. The molecule has 0 aliphatic rings. The number of carbonyl (C=O) groups is 1. The van der Waals surface area contributed by atoms with E-state index in [0.717, 1.165) is 24.5 Å². The monoisotopic (exact) mass is 359 g/mol. The molecule has 0 saturated carbocycles. The SMILES string of the molecule is Cc1cc(NC(=O)CCN(c2c(F)cccc2F)S(C)(=O)=O)no1. The molecule has 0 aliphatic heterocycles. The summed E-state index contributed by atoms with van der Waals surface area (Å²) in [6, 6.07) is 4.47. The van der Waals surface area contributed by atoms with Gasteiger partial charge < -0.3 is 9.84 Å². The molecule has 24 heavy (non-hydrogen) atoms. The molecule has 0 radical (unpaired) electrons. The van der Waals surface area contributed by atoms with Crippen LogP contribution >= 0.6 is 0 Å². The number of benzene rings is 1. The van der Waals surface area contributed by atoms with Crippen molar-refractivity contribution < 1.29 is 26.5 Å². The number of nitrogens with zero attached hydrogens (tertiary/aromatic N) is 2. The maximum atomic E-state index is 13.8. The van der Waals surface area contributed by atoms with Crippen molar-refractivity contribution >= 4 is 27.4 Å². The second-order valence-electron chi connectivity index (χ2n) is 5.03. The number of carbonyl (C=O) groups excluding carboxylic acids is 1. The molecule has 2 aromatic rings. The van der Waals surface area contributed by atoms with E-state index in [2.05, 4.69) is 10.5 Å². The maximum absolute atomic E-state index is 13.8. The third kappa shape index (κ3) is 4.28. The summed E-state index contributed by atoms with van der Waals surface area (Å²) in [7, 11) is -3.99. The van der Waals surface area contributed by atoms with Gasteiger partial charge in [0.05, 0.1) is 6.26 Å². The summed E-state index contributed by atoms with van der Waals surface area (Å²) in [6.45, 7) is 1.20. The number of hydrogen-bond acceptors (Lipinski definition) is 5. The van der Waals surface area contributed by atoms with Gasteiger partial charge >= 0.3 is 0 Å². The molecule has 1 aromatic heterocycles. The number of amides is 1. The van der Waals surface area contributed by atoms with Crippen molar-refractivity contribution in [3.63, 3.8) is 0 Å². The van der Waals surface area contributed by atoms with Crippen LogP contribution in [0.15, 0.2) is 28.8 Å². The fraction of sp³-hybridized carbons (Fsp3) is 0.286. The minimum Gasteiger partial charge on any atom is -0.360 e. The van der Waals surface area contributed by atoms with Gasteiger partial charge in [-0.05, 0) is 19.1 Å². The van der Waals surface area contributed by atoms with Crippen molar-refractivity contribution in [1.82, 2.24) is 5.16 Å². The highest BCUT2D eigenvalue weighted by Crippen LogP contribution is 2.25. The quantitative estimate of drug-likeness (QED) is 0.852. The van der Waals surface area contributed by atoms with Gasteiger partial charge in [-0.3, -0.25) is 9.10 Å². The lowest BCUT2D eigenvalue weighted by atomic mass is 10.2. The Morgan fingerprint density at radius 2 is 1.96 bits per heavy atom. The van der Waals surface area contributed by atoms with Crippen LogP contribution in [0.1, 0.15) is 12.2 Å². The molecule has 0 fully saturated rings. The Hall–Kier alpha value is -2.49. The highest BCUT2D eigenvalue weighted by atomic mass is 32.2. The molecule has 0 bridgehead atoms. The van der Waals surface area contributed by atoms with E-state index in [9.17, 15) is 22.0 Å². The van der Waals surface area contributed by atoms with E-state index in [-0.39, 0.29) is 12.2 Å². The molecule has 2 rings (SSSR count). The molecule has 1 aromatic carbocycles. The molecule has 0 aliphatic carbocycles. The molecule has 1 amide bonds. The lowest BCUT2D eigenvalue weighted by molar-refractivity contribution is -0.116. The Labute approximate surface area is 137 Å². The Bertz CT molecular complexity index is 831. The Kier molecular flexibility index (Phi) is 5.17. The first kappa shape index (κ1) is 17.9. The van der Waals surface area contributed by atoms with E-state index in [1.54, 1.807) is 6.92 Å². The predicted molar refractivity (Wildman–Crippen MR) is 83.0 cm³/mol. The van der Waals surface area contributed by atoms with Gasteiger partial charge in [0.1, 0.15) is 11.4 Å². The average Bonchev–Trinajstić information content (AvgIpc) is 2.85. The van der Waals surface area contributed by atoms with Gasteiger partial charge in [0.2, 0.25) is 15.9 Å². The van der Waals surface area contributed by atoms with Crippen molar-refractivity contribution in [1.29, 1.82) is 0 Å². The number of para-hydroxylation sites is 1. The molecule has 0 spiro atoms. The van der Waals surface area contributed by atoms with E-state index in [1.807, 2.05) is 0 Å². The molecule has 7 nitrogen and oxygen atoms in total. The van der Waals surface area contributed by atoms with Crippen molar-refractivity contribution in [3.8, 4) is 0 Å². The lowest BCUT2D eigenvalue weighted by Crippen LogP contribution is -2.34. The first-order chi connectivity index (χ1) is 11.2. The molecule has 130 valence electrons. The smallest absolute Gasteiger partial charge is 0.232 e. The zero-order valence-electron chi connectivity index (χ0n) is 12.9. The Balaban J connectivity index is 2.15. The third-order valence-corrected chi connectivity index (χ3v) is 4.19. The maximum Gasteiger partial charge on any atom is 0.232 e. The number of sulfonamides is 1. The summed E-state index contributed by atoms with van der Waals surface area (Å²) < 4.78 is 56.7. The van der Waals surface area contributed by atoms with E-state index >= 15 is 0 Å². The summed E-state index contributed by atoms with van der Waals surface area (Å²) in [5.74, 6) is -1.99. The van der Waals surface area contributed by atoms with Crippen LogP contribution in [0, 0.1) is 18.6 Å². The van der Waals surface area contributed by atoms with Crippen molar-refractivity contribution in [2.75, 3.05) is 22.4 Å². The molecule has 10 heteroatoms. The number of nitrogens with one attached hydrogen (secondary N) is 1.